The van der Waals surface area contributed by atoms with E-state index in [4.69, 9.17) is 5.11 Å². The first-order chi connectivity index (χ1) is 8.27. The van der Waals surface area contributed by atoms with Crippen molar-refractivity contribution in [3.63, 3.8) is 0 Å². The lowest BCUT2D eigenvalue weighted by molar-refractivity contribution is 0.0696. The molecule has 0 saturated heterocycles. The quantitative estimate of drug-likeness (QED) is 0.835. The molecule has 0 radical (unpaired) electrons. The number of carboxylic acids is 1. The van der Waals surface area contributed by atoms with E-state index in [1.165, 1.54) is 0 Å². The molecule has 0 atom stereocenters. The molecule has 0 aliphatic carbocycles. The van der Waals surface area contributed by atoms with E-state index >= 15 is 0 Å². The number of carbonyl (C=O) groups is 1. The summed E-state index contributed by atoms with van der Waals surface area (Å²) in [7, 11) is -3.81. The first-order valence-electron chi connectivity index (χ1n) is 5.20. The Hall–Kier alpha value is -1.69. The van der Waals surface area contributed by atoms with Gasteiger partial charge >= 0.3 is 5.97 Å². The van der Waals surface area contributed by atoms with E-state index in [-0.39, 0.29) is 11.3 Å². The lowest BCUT2D eigenvalue weighted by Gasteiger charge is -2.07. The Morgan fingerprint density at radius 2 is 2.06 bits per heavy atom. The summed E-state index contributed by atoms with van der Waals surface area (Å²) in [5.41, 5.74) is 0.178. The van der Waals surface area contributed by atoms with Crippen molar-refractivity contribution in [1.29, 1.82) is 0 Å². The number of sulfone groups is 1. The minimum Gasteiger partial charge on any atom is -0.478 e. The molecule has 0 heterocycles. The van der Waals surface area contributed by atoms with E-state index in [2.05, 4.69) is 6.58 Å². The normalized spacial score (nSPS) is 11.2. The summed E-state index contributed by atoms with van der Waals surface area (Å²) in [6.45, 7) is 5.32. The van der Waals surface area contributed by atoms with Crippen molar-refractivity contribution in [3.05, 3.63) is 41.7 Å². The third-order valence-corrected chi connectivity index (χ3v) is 4.20. The number of rotatable bonds is 5. The molecular formula is C12H13FO4S. The fraction of sp³-hybridized carbons (Fsp3) is 0.250. The zero-order chi connectivity index (χ0) is 13.9. The molecule has 0 aromatic heterocycles. The van der Waals surface area contributed by atoms with Crippen molar-refractivity contribution < 1.29 is 22.7 Å². The monoisotopic (exact) mass is 272 g/mol. The summed E-state index contributed by atoms with van der Waals surface area (Å²) in [6, 6.07) is 2.73. The Balaban J connectivity index is 3.18. The van der Waals surface area contributed by atoms with E-state index < -0.39 is 26.5 Å². The van der Waals surface area contributed by atoms with E-state index in [1.54, 1.807) is 6.92 Å². The second kappa shape index (κ2) is 5.30. The molecule has 0 fully saturated rings. The number of hydrogen-bond acceptors (Lipinski definition) is 3. The van der Waals surface area contributed by atoms with Crippen LogP contribution in [0.15, 0.2) is 35.2 Å². The van der Waals surface area contributed by atoms with Gasteiger partial charge in [-0.15, -0.1) is 0 Å². The molecule has 98 valence electrons. The summed E-state index contributed by atoms with van der Waals surface area (Å²) < 4.78 is 37.3. The molecule has 1 N–H and O–H groups in total. The molecule has 0 aliphatic heterocycles. The van der Waals surface area contributed by atoms with Crippen molar-refractivity contribution in [3.8, 4) is 0 Å². The summed E-state index contributed by atoms with van der Waals surface area (Å²) in [6.07, 6.45) is 0.480. The molecule has 0 spiro atoms. The average Bonchev–Trinajstić information content (AvgIpc) is 2.27. The lowest BCUT2D eigenvalue weighted by atomic mass is 10.2. The van der Waals surface area contributed by atoms with Gasteiger partial charge in [-0.1, -0.05) is 19.1 Å². The highest BCUT2D eigenvalue weighted by atomic mass is 32.2. The van der Waals surface area contributed by atoms with Gasteiger partial charge in [0.1, 0.15) is 10.7 Å². The van der Waals surface area contributed by atoms with Gasteiger partial charge in [0.15, 0.2) is 9.84 Å². The highest BCUT2D eigenvalue weighted by Gasteiger charge is 2.21. The number of halogens is 1. The maximum atomic E-state index is 13.6. The van der Waals surface area contributed by atoms with Crippen LogP contribution < -0.4 is 0 Å². The lowest BCUT2D eigenvalue weighted by Crippen LogP contribution is -2.11. The fourth-order valence-corrected chi connectivity index (χ4v) is 2.86. The standard InChI is InChI=1S/C12H13FO4S/c1-3-8(2)7-18(16,17)11-5-4-9(12(14)15)6-10(11)13/h4-6H,2-3,7H2,1H3,(H,14,15). The van der Waals surface area contributed by atoms with Gasteiger partial charge in [0.25, 0.3) is 0 Å². The molecule has 0 bridgehead atoms. The Bertz CT molecular complexity index is 590. The first kappa shape index (κ1) is 14.4. The summed E-state index contributed by atoms with van der Waals surface area (Å²) in [4.78, 5) is 10.1. The number of aromatic carboxylic acids is 1. The van der Waals surface area contributed by atoms with Crippen LogP contribution in [0.3, 0.4) is 0 Å². The third kappa shape index (κ3) is 3.16. The van der Waals surface area contributed by atoms with Crippen molar-refractivity contribution in [2.24, 2.45) is 0 Å². The van der Waals surface area contributed by atoms with Crippen LogP contribution in [0.5, 0.6) is 0 Å². The van der Waals surface area contributed by atoms with Crippen molar-refractivity contribution >= 4 is 15.8 Å². The first-order valence-corrected chi connectivity index (χ1v) is 6.85. The van der Waals surface area contributed by atoms with Gasteiger partial charge in [-0.05, 0) is 24.6 Å². The predicted molar refractivity (Wildman–Crippen MR) is 64.8 cm³/mol. The molecule has 0 aliphatic rings. The summed E-state index contributed by atoms with van der Waals surface area (Å²) in [5.74, 6) is -2.71. The second-order valence-electron chi connectivity index (χ2n) is 3.81. The van der Waals surface area contributed by atoms with Gasteiger partial charge < -0.3 is 5.11 Å². The summed E-state index contributed by atoms with van der Waals surface area (Å²) in [5, 5.41) is 8.66. The van der Waals surface area contributed by atoms with Gasteiger partial charge in [0.05, 0.1) is 11.3 Å². The number of hydrogen-bond donors (Lipinski definition) is 1. The van der Waals surface area contributed by atoms with Gasteiger partial charge in [-0.25, -0.2) is 17.6 Å². The zero-order valence-corrected chi connectivity index (χ0v) is 10.6. The van der Waals surface area contributed by atoms with Crippen LogP contribution in [0.4, 0.5) is 4.39 Å². The third-order valence-electron chi connectivity index (χ3n) is 2.41. The maximum absolute atomic E-state index is 13.6. The number of carboxylic acid groups (broad SMARTS) is 1. The molecule has 0 saturated carbocycles. The molecule has 0 unspecified atom stereocenters. The van der Waals surface area contributed by atoms with Crippen molar-refractivity contribution in [2.75, 3.05) is 5.75 Å². The molecule has 1 rings (SSSR count). The van der Waals surface area contributed by atoms with Crippen LogP contribution in [0.2, 0.25) is 0 Å². The molecule has 4 nitrogen and oxygen atoms in total. The van der Waals surface area contributed by atoms with Crippen LogP contribution in [-0.4, -0.2) is 25.2 Å². The fourth-order valence-electron chi connectivity index (χ4n) is 1.33. The van der Waals surface area contributed by atoms with E-state index in [0.717, 1.165) is 12.1 Å². The zero-order valence-electron chi connectivity index (χ0n) is 9.81. The Labute approximate surface area is 105 Å². The smallest absolute Gasteiger partial charge is 0.335 e. The minimum atomic E-state index is -3.81. The highest BCUT2D eigenvalue weighted by Crippen LogP contribution is 2.19. The summed E-state index contributed by atoms with van der Waals surface area (Å²) >= 11 is 0. The van der Waals surface area contributed by atoms with Crippen LogP contribution >= 0.6 is 0 Å². The Morgan fingerprint density at radius 3 is 2.50 bits per heavy atom. The van der Waals surface area contributed by atoms with Gasteiger partial charge in [0.2, 0.25) is 0 Å². The Morgan fingerprint density at radius 1 is 1.44 bits per heavy atom. The van der Waals surface area contributed by atoms with Crippen molar-refractivity contribution in [1.82, 2.24) is 0 Å². The van der Waals surface area contributed by atoms with E-state index in [0.29, 0.717) is 18.1 Å². The highest BCUT2D eigenvalue weighted by molar-refractivity contribution is 7.91. The van der Waals surface area contributed by atoms with E-state index in [1.807, 2.05) is 0 Å². The molecular weight excluding hydrogens is 259 g/mol. The van der Waals surface area contributed by atoms with Crippen LogP contribution in [0, 0.1) is 5.82 Å². The topological polar surface area (TPSA) is 71.4 Å². The van der Waals surface area contributed by atoms with Crippen LogP contribution in [0.1, 0.15) is 23.7 Å². The number of benzene rings is 1. The SMILES string of the molecule is C=C(CC)CS(=O)(=O)c1ccc(C(=O)O)cc1F. The molecule has 1 aromatic carbocycles. The van der Waals surface area contributed by atoms with Crippen molar-refractivity contribution in [2.45, 2.75) is 18.2 Å². The van der Waals surface area contributed by atoms with Crippen LogP contribution in [0.25, 0.3) is 0 Å². The maximum Gasteiger partial charge on any atom is 0.335 e. The van der Waals surface area contributed by atoms with Gasteiger partial charge in [-0.3, -0.25) is 0 Å². The molecule has 1 aromatic rings. The van der Waals surface area contributed by atoms with Gasteiger partial charge in [-0.2, -0.15) is 0 Å². The molecule has 6 heteroatoms. The molecule has 0 amide bonds. The average molecular weight is 272 g/mol. The van der Waals surface area contributed by atoms with Crippen LogP contribution in [-0.2, 0) is 9.84 Å². The Kier molecular flexibility index (Phi) is 4.24. The van der Waals surface area contributed by atoms with Gasteiger partial charge in [0, 0.05) is 0 Å². The minimum absolute atomic E-state index is 0.291. The second-order valence-corrected chi connectivity index (χ2v) is 5.77. The largest absolute Gasteiger partial charge is 0.478 e. The molecule has 18 heavy (non-hydrogen) atoms. The predicted octanol–water partition coefficient (Wildman–Crippen LogP) is 2.26. The van der Waals surface area contributed by atoms with E-state index in [9.17, 15) is 17.6 Å².